The molecule has 0 aliphatic rings. The van der Waals surface area contributed by atoms with Crippen molar-refractivity contribution in [3.05, 3.63) is 23.3 Å². The van der Waals surface area contributed by atoms with Crippen LogP contribution in [-0.4, -0.2) is 30.6 Å². The molecule has 0 aliphatic carbocycles. The number of amides is 1. The molecule has 6 heteroatoms. The fourth-order valence-corrected chi connectivity index (χ4v) is 2.55. The van der Waals surface area contributed by atoms with Gasteiger partial charge in [0.2, 0.25) is 0 Å². The number of carbonyl (C=O) groups excluding carboxylic acids is 1. The number of pyridine rings is 1. The van der Waals surface area contributed by atoms with Crippen molar-refractivity contribution in [1.82, 2.24) is 10.3 Å². The number of hydrogen-bond donors (Lipinski definition) is 2. The molecule has 1 amide bonds. The molecule has 0 saturated heterocycles. The number of nitrogens with two attached hydrogens (primary N) is 1. The summed E-state index contributed by atoms with van der Waals surface area (Å²) in [6, 6.07) is 1.82. The van der Waals surface area contributed by atoms with Crippen molar-refractivity contribution in [3.8, 4) is 0 Å². The first kappa shape index (κ1) is 12.8. The maximum Gasteiger partial charge on any atom is 0.263 e. The molecule has 0 spiro atoms. The average Bonchev–Trinajstić information content (AvgIpc) is 2.73. The summed E-state index contributed by atoms with van der Waals surface area (Å²) in [5.41, 5.74) is 6.48. The van der Waals surface area contributed by atoms with E-state index in [0.29, 0.717) is 17.1 Å². The molecule has 0 aliphatic heterocycles. The van der Waals surface area contributed by atoms with Gasteiger partial charge >= 0.3 is 0 Å². The Hall–Kier alpha value is -1.66. The van der Waals surface area contributed by atoms with E-state index in [1.807, 2.05) is 13.0 Å². The Bertz CT molecular complexity index is 567. The van der Waals surface area contributed by atoms with Gasteiger partial charge in [0, 0.05) is 31.4 Å². The highest BCUT2D eigenvalue weighted by atomic mass is 32.1. The van der Waals surface area contributed by atoms with Gasteiger partial charge in [-0.25, -0.2) is 0 Å². The minimum atomic E-state index is -0.169. The SMILES string of the molecule is COC(C)CNC(=O)c1sc2cnccc2c1N. The molecule has 3 N–H and O–H groups in total. The number of hydrogen-bond acceptors (Lipinski definition) is 5. The zero-order valence-corrected chi connectivity index (χ0v) is 11.1. The van der Waals surface area contributed by atoms with Crippen LogP contribution in [0.2, 0.25) is 0 Å². The lowest BCUT2D eigenvalue weighted by Gasteiger charge is -2.10. The molecule has 0 fully saturated rings. The van der Waals surface area contributed by atoms with Crippen LogP contribution in [0.3, 0.4) is 0 Å². The normalized spacial score (nSPS) is 12.6. The highest BCUT2D eigenvalue weighted by molar-refractivity contribution is 7.21. The fourth-order valence-electron chi connectivity index (χ4n) is 1.54. The van der Waals surface area contributed by atoms with E-state index in [1.165, 1.54) is 11.3 Å². The number of anilines is 1. The van der Waals surface area contributed by atoms with Gasteiger partial charge in [0.15, 0.2) is 0 Å². The standard InChI is InChI=1S/C12H15N3O2S/c1-7(17-2)5-15-12(16)11-10(13)8-3-4-14-6-9(8)18-11/h3-4,6-7H,5,13H2,1-2H3,(H,15,16). The molecule has 5 nitrogen and oxygen atoms in total. The van der Waals surface area contributed by atoms with Gasteiger partial charge in [-0.3, -0.25) is 9.78 Å². The van der Waals surface area contributed by atoms with E-state index < -0.39 is 0 Å². The number of thiophene rings is 1. The van der Waals surface area contributed by atoms with Crippen molar-refractivity contribution < 1.29 is 9.53 Å². The van der Waals surface area contributed by atoms with Gasteiger partial charge in [0.1, 0.15) is 4.88 Å². The first-order valence-electron chi connectivity index (χ1n) is 5.56. The van der Waals surface area contributed by atoms with E-state index in [2.05, 4.69) is 10.3 Å². The summed E-state index contributed by atoms with van der Waals surface area (Å²) in [5.74, 6) is -0.169. The molecule has 2 rings (SSSR count). The summed E-state index contributed by atoms with van der Waals surface area (Å²) in [6.07, 6.45) is 3.36. The van der Waals surface area contributed by atoms with Gasteiger partial charge < -0.3 is 15.8 Å². The number of ether oxygens (including phenoxy) is 1. The molecule has 0 bridgehead atoms. The van der Waals surface area contributed by atoms with Gasteiger partial charge in [-0.15, -0.1) is 11.3 Å². The van der Waals surface area contributed by atoms with Crippen LogP contribution in [0.15, 0.2) is 18.5 Å². The highest BCUT2D eigenvalue weighted by Crippen LogP contribution is 2.32. The summed E-state index contributed by atoms with van der Waals surface area (Å²) in [6.45, 7) is 2.35. The zero-order chi connectivity index (χ0) is 13.1. The van der Waals surface area contributed by atoms with E-state index in [4.69, 9.17) is 10.5 Å². The van der Waals surface area contributed by atoms with Gasteiger partial charge in [-0.05, 0) is 13.0 Å². The number of carbonyl (C=O) groups is 1. The van der Waals surface area contributed by atoms with Crippen molar-refractivity contribution in [2.24, 2.45) is 0 Å². The summed E-state index contributed by atoms with van der Waals surface area (Å²) in [7, 11) is 1.61. The molecule has 0 radical (unpaired) electrons. The Balaban J connectivity index is 2.20. The minimum absolute atomic E-state index is 0.0220. The monoisotopic (exact) mass is 265 g/mol. The van der Waals surface area contributed by atoms with Crippen LogP contribution in [0.1, 0.15) is 16.6 Å². The third-order valence-electron chi connectivity index (χ3n) is 2.69. The molecule has 2 aromatic rings. The number of rotatable bonds is 4. The fraction of sp³-hybridized carbons (Fsp3) is 0.333. The number of aromatic nitrogens is 1. The topological polar surface area (TPSA) is 77.2 Å². The average molecular weight is 265 g/mol. The third-order valence-corrected chi connectivity index (χ3v) is 3.84. The molecule has 0 saturated carbocycles. The van der Waals surface area contributed by atoms with Crippen LogP contribution in [0, 0.1) is 0 Å². The summed E-state index contributed by atoms with van der Waals surface area (Å²) in [5, 5.41) is 3.67. The number of methoxy groups -OCH3 is 1. The van der Waals surface area contributed by atoms with Crippen molar-refractivity contribution >= 4 is 33.0 Å². The van der Waals surface area contributed by atoms with E-state index in [9.17, 15) is 4.79 Å². The Labute approximate surface area is 109 Å². The first-order chi connectivity index (χ1) is 8.63. The van der Waals surface area contributed by atoms with Crippen LogP contribution < -0.4 is 11.1 Å². The lowest BCUT2D eigenvalue weighted by molar-refractivity contribution is 0.0874. The first-order valence-corrected chi connectivity index (χ1v) is 6.38. The Kier molecular flexibility index (Phi) is 3.78. The predicted molar refractivity (Wildman–Crippen MR) is 72.8 cm³/mol. The lowest BCUT2D eigenvalue weighted by atomic mass is 10.2. The Morgan fingerprint density at radius 3 is 3.11 bits per heavy atom. The molecule has 96 valence electrons. The maximum absolute atomic E-state index is 12.0. The third kappa shape index (κ3) is 2.44. The molecular formula is C12H15N3O2S. The van der Waals surface area contributed by atoms with Crippen LogP contribution in [0.5, 0.6) is 0 Å². The van der Waals surface area contributed by atoms with Crippen molar-refractivity contribution in [1.29, 1.82) is 0 Å². The second kappa shape index (κ2) is 5.32. The van der Waals surface area contributed by atoms with E-state index >= 15 is 0 Å². The second-order valence-corrected chi connectivity index (χ2v) is 5.03. The van der Waals surface area contributed by atoms with Gasteiger partial charge in [-0.1, -0.05) is 0 Å². The van der Waals surface area contributed by atoms with E-state index in [0.717, 1.165) is 10.1 Å². The second-order valence-electron chi connectivity index (χ2n) is 3.97. The van der Waals surface area contributed by atoms with Crippen LogP contribution in [0.25, 0.3) is 10.1 Å². The van der Waals surface area contributed by atoms with Crippen LogP contribution >= 0.6 is 11.3 Å². The molecule has 2 aromatic heterocycles. The van der Waals surface area contributed by atoms with Gasteiger partial charge in [-0.2, -0.15) is 0 Å². The number of nitrogens with zero attached hydrogens (tertiary/aromatic N) is 1. The van der Waals surface area contributed by atoms with Crippen LogP contribution in [-0.2, 0) is 4.74 Å². The number of nitrogen functional groups attached to an aromatic ring is 1. The van der Waals surface area contributed by atoms with Crippen LogP contribution in [0.4, 0.5) is 5.69 Å². The molecular weight excluding hydrogens is 250 g/mol. The molecule has 1 unspecified atom stereocenters. The van der Waals surface area contributed by atoms with E-state index in [1.54, 1.807) is 19.5 Å². The largest absolute Gasteiger partial charge is 0.397 e. The smallest absolute Gasteiger partial charge is 0.263 e. The summed E-state index contributed by atoms with van der Waals surface area (Å²) < 4.78 is 5.99. The van der Waals surface area contributed by atoms with Gasteiger partial charge in [0.25, 0.3) is 5.91 Å². The van der Waals surface area contributed by atoms with Gasteiger partial charge in [0.05, 0.1) is 16.5 Å². The van der Waals surface area contributed by atoms with Crippen molar-refractivity contribution in [3.63, 3.8) is 0 Å². The quantitative estimate of drug-likeness (QED) is 0.881. The summed E-state index contributed by atoms with van der Waals surface area (Å²) in [4.78, 5) is 16.5. The number of fused-ring (bicyclic) bond motifs is 1. The van der Waals surface area contributed by atoms with E-state index in [-0.39, 0.29) is 12.0 Å². The predicted octanol–water partition coefficient (Wildman–Crippen LogP) is 1.64. The molecule has 0 aromatic carbocycles. The molecule has 1 atom stereocenters. The maximum atomic E-state index is 12.0. The zero-order valence-electron chi connectivity index (χ0n) is 10.3. The Morgan fingerprint density at radius 1 is 1.67 bits per heavy atom. The summed E-state index contributed by atoms with van der Waals surface area (Å²) >= 11 is 1.35. The van der Waals surface area contributed by atoms with Crippen molar-refractivity contribution in [2.45, 2.75) is 13.0 Å². The minimum Gasteiger partial charge on any atom is -0.397 e. The highest BCUT2D eigenvalue weighted by Gasteiger charge is 2.16. The van der Waals surface area contributed by atoms with Crippen molar-refractivity contribution in [2.75, 3.05) is 19.4 Å². The number of nitrogens with one attached hydrogen (secondary N) is 1. The molecule has 18 heavy (non-hydrogen) atoms. The lowest BCUT2D eigenvalue weighted by Crippen LogP contribution is -2.31. The Morgan fingerprint density at radius 2 is 2.44 bits per heavy atom. The molecule has 2 heterocycles.